The molecule has 1 N–H and O–H groups in total. The van der Waals surface area contributed by atoms with Crippen molar-refractivity contribution in [3.63, 3.8) is 0 Å². The number of rotatable bonds is 4. The van der Waals surface area contributed by atoms with Crippen molar-refractivity contribution in [1.29, 1.82) is 0 Å². The summed E-state index contributed by atoms with van der Waals surface area (Å²) < 4.78 is 5.27. The Bertz CT molecular complexity index is 352. The number of halogens is 1. The normalized spacial score (nSPS) is 9.80. The summed E-state index contributed by atoms with van der Waals surface area (Å²) in [5, 5.41) is 3.16. The molecule has 1 rings (SSSR count). The molecule has 0 heterocycles. The Balaban J connectivity index is 2.86. The zero-order valence-corrected chi connectivity index (χ0v) is 9.60. The number of hydrogen-bond acceptors (Lipinski definition) is 2. The van der Waals surface area contributed by atoms with Gasteiger partial charge in [-0.3, -0.25) is 4.79 Å². The van der Waals surface area contributed by atoms with Gasteiger partial charge in [-0.15, -0.1) is 0 Å². The van der Waals surface area contributed by atoms with Gasteiger partial charge in [-0.2, -0.15) is 0 Å². The Kier molecular flexibility index (Phi) is 4.43. The van der Waals surface area contributed by atoms with Crippen LogP contribution in [0.5, 0.6) is 5.75 Å². The lowest BCUT2D eigenvalue weighted by molar-refractivity contribution is 0.0956. The van der Waals surface area contributed by atoms with E-state index in [0.29, 0.717) is 29.5 Å². The Morgan fingerprint density at radius 2 is 2.20 bits per heavy atom. The summed E-state index contributed by atoms with van der Waals surface area (Å²) >= 11 is 5.95. The van der Waals surface area contributed by atoms with E-state index in [1.165, 1.54) is 0 Å². The van der Waals surface area contributed by atoms with Gasteiger partial charge in [-0.25, -0.2) is 0 Å². The number of amides is 1. The van der Waals surface area contributed by atoms with Crippen molar-refractivity contribution < 1.29 is 9.53 Å². The third kappa shape index (κ3) is 3.13. The van der Waals surface area contributed by atoms with Gasteiger partial charge < -0.3 is 10.1 Å². The maximum absolute atomic E-state index is 11.5. The van der Waals surface area contributed by atoms with Crippen LogP contribution >= 0.6 is 11.6 Å². The topological polar surface area (TPSA) is 38.3 Å². The van der Waals surface area contributed by atoms with Gasteiger partial charge in [0.15, 0.2) is 0 Å². The monoisotopic (exact) mass is 227 g/mol. The number of carbonyl (C=O) groups excluding carboxylic acids is 1. The number of hydrogen-bond donors (Lipinski definition) is 1. The van der Waals surface area contributed by atoms with Gasteiger partial charge in [0.1, 0.15) is 5.75 Å². The highest BCUT2D eigenvalue weighted by Crippen LogP contribution is 2.25. The van der Waals surface area contributed by atoms with Gasteiger partial charge in [-0.05, 0) is 32.0 Å². The molecule has 0 atom stereocenters. The van der Waals surface area contributed by atoms with Gasteiger partial charge in [0.2, 0.25) is 0 Å². The van der Waals surface area contributed by atoms with Crippen LogP contribution in [0.3, 0.4) is 0 Å². The van der Waals surface area contributed by atoms with Crippen LogP contribution in [0.25, 0.3) is 0 Å². The van der Waals surface area contributed by atoms with Gasteiger partial charge in [0.05, 0.1) is 11.6 Å². The molecule has 82 valence electrons. The largest absolute Gasteiger partial charge is 0.492 e. The molecule has 4 heteroatoms. The lowest BCUT2D eigenvalue weighted by atomic mass is 10.2. The molecule has 0 unspecified atom stereocenters. The first-order valence-electron chi connectivity index (χ1n) is 4.89. The van der Waals surface area contributed by atoms with E-state index in [4.69, 9.17) is 16.3 Å². The predicted molar refractivity (Wildman–Crippen MR) is 60.6 cm³/mol. The van der Waals surface area contributed by atoms with Gasteiger partial charge in [-0.1, -0.05) is 11.6 Å². The van der Waals surface area contributed by atoms with Crippen LogP contribution in [0.4, 0.5) is 0 Å². The van der Waals surface area contributed by atoms with Crippen LogP contribution in [0.1, 0.15) is 24.2 Å². The Morgan fingerprint density at radius 3 is 2.73 bits per heavy atom. The highest BCUT2D eigenvalue weighted by atomic mass is 35.5. The van der Waals surface area contributed by atoms with Crippen molar-refractivity contribution in [2.24, 2.45) is 0 Å². The summed E-state index contributed by atoms with van der Waals surface area (Å²) in [6, 6.07) is 5.01. The van der Waals surface area contributed by atoms with Crippen molar-refractivity contribution >= 4 is 17.5 Å². The van der Waals surface area contributed by atoms with E-state index in [1.54, 1.807) is 18.2 Å². The lowest BCUT2D eigenvalue weighted by Crippen LogP contribution is -2.22. The molecule has 0 aliphatic carbocycles. The fraction of sp³-hybridized carbons (Fsp3) is 0.364. The van der Waals surface area contributed by atoms with Gasteiger partial charge in [0, 0.05) is 12.1 Å². The highest BCUT2D eigenvalue weighted by molar-refractivity contribution is 6.32. The lowest BCUT2D eigenvalue weighted by Gasteiger charge is -2.07. The van der Waals surface area contributed by atoms with Crippen LogP contribution in [-0.2, 0) is 0 Å². The summed E-state index contributed by atoms with van der Waals surface area (Å²) in [6.45, 7) is 4.91. The van der Waals surface area contributed by atoms with Crippen molar-refractivity contribution in [3.8, 4) is 5.75 Å². The number of nitrogens with one attached hydrogen (secondary N) is 1. The van der Waals surface area contributed by atoms with E-state index in [9.17, 15) is 4.79 Å². The summed E-state index contributed by atoms with van der Waals surface area (Å²) in [4.78, 5) is 11.5. The van der Waals surface area contributed by atoms with E-state index < -0.39 is 0 Å². The highest BCUT2D eigenvalue weighted by Gasteiger charge is 2.07. The Hall–Kier alpha value is -1.22. The standard InChI is InChI=1S/C11H14ClNO2/c1-3-13-11(14)8-5-6-10(15-4-2)9(12)7-8/h5-7H,3-4H2,1-2H3,(H,13,14). The first-order valence-corrected chi connectivity index (χ1v) is 5.27. The Morgan fingerprint density at radius 1 is 1.47 bits per heavy atom. The van der Waals surface area contributed by atoms with Crippen LogP contribution in [0.2, 0.25) is 5.02 Å². The summed E-state index contributed by atoms with van der Waals surface area (Å²) in [6.07, 6.45) is 0. The minimum atomic E-state index is -0.123. The third-order valence-corrected chi connectivity index (χ3v) is 2.13. The van der Waals surface area contributed by atoms with Crippen LogP contribution < -0.4 is 10.1 Å². The molecule has 1 aromatic rings. The smallest absolute Gasteiger partial charge is 0.251 e. The average molecular weight is 228 g/mol. The second-order valence-electron chi connectivity index (χ2n) is 2.94. The summed E-state index contributed by atoms with van der Waals surface area (Å²) in [5.74, 6) is 0.481. The molecular formula is C11H14ClNO2. The number of ether oxygens (including phenoxy) is 1. The zero-order valence-electron chi connectivity index (χ0n) is 8.84. The molecule has 0 saturated heterocycles. The fourth-order valence-electron chi connectivity index (χ4n) is 1.18. The zero-order chi connectivity index (χ0) is 11.3. The van der Waals surface area contributed by atoms with E-state index in [1.807, 2.05) is 13.8 Å². The van der Waals surface area contributed by atoms with Crippen molar-refractivity contribution in [1.82, 2.24) is 5.32 Å². The SMILES string of the molecule is CCNC(=O)c1ccc(OCC)c(Cl)c1. The number of benzene rings is 1. The van der Waals surface area contributed by atoms with E-state index in [2.05, 4.69) is 5.32 Å². The quantitative estimate of drug-likeness (QED) is 0.858. The van der Waals surface area contributed by atoms with Crippen LogP contribution in [0.15, 0.2) is 18.2 Å². The van der Waals surface area contributed by atoms with Crippen molar-refractivity contribution in [2.45, 2.75) is 13.8 Å². The van der Waals surface area contributed by atoms with E-state index in [0.717, 1.165) is 0 Å². The van der Waals surface area contributed by atoms with Gasteiger partial charge >= 0.3 is 0 Å². The minimum absolute atomic E-state index is 0.123. The molecule has 0 aliphatic heterocycles. The molecule has 0 radical (unpaired) electrons. The molecule has 0 fully saturated rings. The van der Waals surface area contributed by atoms with E-state index >= 15 is 0 Å². The molecule has 0 bridgehead atoms. The molecule has 0 aromatic heterocycles. The molecule has 0 spiro atoms. The fourth-order valence-corrected chi connectivity index (χ4v) is 1.41. The summed E-state index contributed by atoms with van der Waals surface area (Å²) in [7, 11) is 0. The minimum Gasteiger partial charge on any atom is -0.492 e. The molecule has 15 heavy (non-hydrogen) atoms. The second-order valence-corrected chi connectivity index (χ2v) is 3.34. The predicted octanol–water partition coefficient (Wildman–Crippen LogP) is 2.49. The van der Waals surface area contributed by atoms with Crippen molar-refractivity contribution in [3.05, 3.63) is 28.8 Å². The van der Waals surface area contributed by atoms with Crippen molar-refractivity contribution in [2.75, 3.05) is 13.2 Å². The first-order chi connectivity index (χ1) is 7.19. The Labute approximate surface area is 94.4 Å². The molecule has 0 saturated carbocycles. The molecule has 1 aromatic carbocycles. The summed E-state index contributed by atoms with van der Waals surface area (Å²) in [5.41, 5.74) is 0.547. The van der Waals surface area contributed by atoms with Crippen LogP contribution in [0, 0.1) is 0 Å². The van der Waals surface area contributed by atoms with E-state index in [-0.39, 0.29) is 5.91 Å². The molecular weight excluding hydrogens is 214 g/mol. The number of carbonyl (C=O) groups is 1. The third-order valence-electron chi connectivity index (χ3n) is 1.83. The average Bonchev–Trinajstić information content (AvgIpc) is 2.21. The maximum atomic E-state index is 11.5. The van der Waals surface area contributed by atoms with Gasteiger partial charge in [0.25, 0.3) is 5.91 Å². The maximum Gasteiger partial charge on any atom is 0.251 e. The second kappa shape index (κ2) is 5.61. The first kappa shape index (κ1) is 11.9. The van der Waals surface area contributed by atoms with Crippen LogP contribution in [-0.4, -0.2) is 19.1 Å². The molecule has 0 aliphatic rings. The molecule has 3 nitrogen and oxygen atoms in total. The molecule has 1 amide bonds.